The van der Waals surface area contributed by atoms with E-state index >= 15 is 0 Å². The maximum atomic E-state index is 12.3. The highest BCUT2D eigenvalue weighted by Crippen LogP contribution is 2.23. The Labute approximate surface area is 97.8 Å². The van der Waals surface area contributed by atoms with Gasteiger partial charge in [-0.3, -0.25) is 4.79 Å². The molecule has 4 nitrogen and oxygen atoms in total. The number of carbonyl (C=O) groups is 1. The number of rotatable bonds is 3. The maximum Gasteiger partial charge on any atom is 0.229 e. The first-order valence-corrected chi connectivity index (χ1v) is 6.15. The van der Waals surface area contributed by atoms with Crippen LogP contribution in [0.25, 0.3) is 0 Å². The Morgan fingerprint density at radius 2 is 2.12 bits per heavy atom. The van der Waals surface area contributed by atoms with Crippen LogP contribution in [0.5, 0.6) is 0 Å². The van der Waals surface area contributed by atoms with Gasteiger partial charge in [0.2, 0.25) is 5.91 Å². The molecule has 4 heteroatoms. The average molecular weight is 228 g/mol. The number of nitrogens with zero attached hydrogens (tertiary/aromatic N) is 1. The number of hydrogen-bond donors (Lipinski definition) is 2. The van der Waals surface area contributed by atoms with Crippen molar-refractivity contribution in [2.24, 2.45) is 11.1 Å². The van der Waals surface area contributed by atoms with Crippen LogP contribution in [-0.2, 0) is 4.79 Å². The quantitative estimate of drug-likeness (QED) is 0.748. The van der Waals surface area contributed by atoms with Gasteiger partial charge in [-0.15, -0.1) is 0 Å². The number of amides is 1. The van der Waals surface area contributed by atoms with Crippen molar-refractivity contribution in [3.05, 3.63) is 0 Å². The number of aliphatic hydroxyl groups is 1. The molecule has 1 atom stereocenters. The van der Waals surface area contributed by atoms with E-state index in [0.29, 0.717) is 6.54 Å². The van der Waals surface area contributed by atoms with Gasteiger partial charge in [0, 0.05) is 13.1 Å². The Hall–Kier alpha value is -0.610. The Morgan fingerprint density at radius 1 is 1.44 bits per heavy atom. The van der Waals surface area contributed by atoms with Gasteiger partial charge in [0.15, 0.2) is 0 Å². The van der Waals surface area contributed by atoms with Gasteiger partial charge in [-0.2, -0.15) is 0 Å². The van der Waals surface area contributed by atoms with Gasteiger partial charge in [-0.25, -0.2) is 0 Å². The summed E-state index contributed by atoms with van der Waals surface area (Å²) in [6, 6.07) is -0.0131. The fourth-order valence-electron chi connectivity index (χ4n) is 2.11. The summed E-state index contributed by atoms with van der Waals surface area (Å²) in [6.45, 7) is 4.91. The predicted octanol–water partition coefficient (Wildman–Crippen LogP) is 0.735. The zero-order valence-corrected chi connectivity index (χ0v) is 10.4. The minimum atomic E-state index is -0.516. The minimum Gasteiger partial charge on any atom is -0.394 e. The van der Waals surface area contributed by atoms with Crippen LogP contribution in [0.2, 0.25) is 0 Å². The van der Waals surface area contributed by atoms with E-state index in [4.69, 9.17) is 5.73 Å². The number of carbonyl (C=O) groups excluding carboxylic acids is 1. The molecular weight excluding hydrogens is 204 g/mol. The van der Waals surface area contributed by atoms with E-state index in [1.807, 2.05) is 18.7 Å². The summed E-state index contributed by atoms with van der Waals surface area (Å²) in [4.78, 5) is 14.1. The van der Waals surface area contributed by atoms with Crippen LogP contribution in [0.4, 0.5) is 0 Å². The number of hydrogen-bond acceptors (Lipinski definition) is 3. The van der Waals surface area contributed by atoms with E-state index in [9.17, 15) is 9.90 Å². The van der Waals surface area contributed by atoms with Crippen molar-refractivity contribution in [3.8, 4) is 0 Å². The van der Waals surface area contributed by atoms with E-state index in [1.54, 1.807) is 0 Å². The summed E-state index contributed by atoms with van der Waals surface area (Å²) in [5, 5.41) is 9.35. The fraction of sp³-hybridized carbons (Fsp3) is 0.917. The standard InChI is InChI=1S/C12H24N2O2/c1-12(2,9-13)11(16)14-7-5-3-4-6-10(14)8-15/h10,15H,3-9,13H2,1-2H3. The third-order valence-corrected chi connectivity index (χ3v) is 3.44. The summed E-state index contributed by atoms with van der Waals surface area (Å²) < 4.78 is 0. The lowest BCUT2D eigenvalue weighted by atomic mass is 9.91. The summed E-state index contributed by atoms with van der Waals surface area (Å²) in [7, 11) is 0. The smallest absolute Gasteiger partial charge is 0.229 e. The summed E-state index contributed by atoms with van der Waals surface area (Å²) >= 11 is 0. The minimum absolute atomic E-state index is 0.0131. The number of aliphatic hydroxyl groups excluding tert-OH is 1. The molecule has 0 aliphatic carbocycles. The highest BCUT2D eigenvalue weighted by molar-refractivity contribution is 5.82. The number of nitrogens with two attached hydrogens (primary N) is 1. The molecule has 0 saturated carbocycles. The highest BCUT2D eigenvalue weighted by Gasteiger charge is 2.34. The lowest BCUT2D eigenvalue weighted by Gasteiger charge is -2.35. The molecule has 1 amide bonds. The molecule has 16 heavy (non-hydrogen) atoms. The Bertz CT molecular complexity index is 241. The second-order valence-electron chi connectivity index (χ2n) is 5.27. The van der Waals surface area contributed by atoms with Crippen LogP contribution in [0.1, 0.15) is 39.5 Å². The Morgan fingerprint density at radius 3 is 2.69 bits per heavy atom. The molecule has 0 radical (unpaired) electrons. The van der Waals surface area contributed by atoms with Gasteiger partial charge >= 0.3 is 0 Å². The lowest BCUT2D eigenvalue weighted by Crippen LogP contribution is -2.50. The first-order chi connectivity index (χ1) is 7.53. The molecular formula is C12H24N2O2. The molecule has 1 rings (SSSR count). The van der Waals surface area contributed by atoms with Crippen LogP contribution < -0.4 is 5.73 Å². The molecule has 3 N–H and O–H groups in total. The largest absolute Gasteiger partial charge is 0.394 e. The number of likely N-dealkylation sites (tertiary alicyclic amines) is 1. The van der Waals surface area contributed by atoms with Crippen molar-refractivity contribution in [1.82, 2.24) is 4.90 Å². The van der Waals surface area contributed by atoms with Crippen LogP contribution in [0, 0.1) is 5.41 Å². The second kappa shape index (κ2) is 5.64. The third kappa shape index (κ3) is 2.95. The molecule has 0 aromatic carbocycles. The molecule has 1 unspecified atom stereocenters. The van der Waals surface area contributed by atoms with Crippen molar-refractivity contribution in [2.45, 2.75) is 45.6 Å². The summed E-state index contributed by atoms with van der Waals surface area (Å²) in [5.41, 5.74) is 5.11. The molecule has 1 aliphatic heterocycles. The Kier molecular flexibility index (Phi) is 4.74. The molecule has 0 aromatic heterocycles. The monoisotopic (exact) mass is 228 g/mol. The van der Waals surface area contributed by atoms with Gasteiger partial charge in [0.1, 0.15) is 0 Å². The van der Waals surface area contributed by atoms with Crippen molar-refractivity contribution in [3.63, 3.8) is 0 Å². The van der Waals surface area contributed by atoms with E-state index < -0.39 is 5.41 Å². The van der Waals surface area contributed by atoms with Crippen molar-refractivity contribution in [2.75, 3.05) is 19.7 Å². The van der Waals surface area contributed by atoms with Crippen molar-refractivity contribution >= 4 is 5.91 Å². The normalized spacial score (nSPS) is 23.0. The second-order valence-corrected chi connectivity index (χ2v) is 5.27. The van der Waals surface area contributed by atoms with E-state index in [2.05, 4.69) is 0 Å². The van der Waals surface area contributed by atoms with Crippen LogP contribution >= 0.6 is 0 Å². The zero-order valence-electron chi connectivity index (χ0n) is 10.4. The van der Waals surface area contributed by atoms with E-state index in [0.717, 1.165) is 32.2 Å². The summed E-state index contributed by atoms with van der Waals surface area (Å²) in [6.07, 6.45) is 4.17. The molecule has 1 saturated heterocycles. The fourth-order valence-corrected chi connectivity index (χ4v) is 2.11. The van der Waals surface area contributed by atoms with Gasteiger partial charge in [0.05, 0.1) is 18.1 Å². The van der Waals surface area contributed by atoms with Gasteiger partial charge in [-0.1, -0.05) is 12.8 Å². The maximum absolute atomic E-state index is 12.3. The lowest BCUT2D eigenvalue weighted by molar-refractivity contribution is -0.143. The SMILES string of the molecule is CC(C)(CN)C(=O)N1CCCCCC1CO. The molecule has 0 bridgehead atoms. The molecule has 0 spiro atoms. The van der Waals surface area contributed by atoms with E-state index in [1.165, 1.54) is 0 Å². The van der Waals surface area contributed by atoms with Crippen LogP contribution in [0.15, 0.2) is 0 Å². The zero-order chi connectivity index (χ0) is 12.2. The van der Waals surface area contributed by atoms with Crippen LogP contribution in [0.3, 0.4) is 0 Å². The van der Waals surface area contributed by atoms with Gasteiger partial charge in [0.25, 0.3) is 0 Å². The summed E-state index contributed by atoms with van der Waals surface area (Å²) in [5.74, 6) is 0.0796. The van der Waals surface area contributed by atoms with Gasteiger partial charge < -0.3 is 15.7 Å². The molecule has 1 heterocycles. The molecule has 0 aromatic rings. The predicted molar refractivity (Wildman–Crippen MR) is 63.9 cm³/mol. The Balaban J connectivity index is 2.77. The van der Waals surface area contributed by atoms with Crippen molar-refractivity contribution < 1.29 is 9.90 Å². The third-order valence-electron chi connectivity index (χ3n) is 3.44. The van der Waals surface area contributed by atoms with Crippen molar-refractivity contribution in [1.29, 1.82) is 0 Å². The average Bonchev–Trinajstić information content (AvgIpc) is 2.52. The van der Waals surface area contributed by atoms with Crippen LogP contribution in [-0.4, -0.2) is 41.7 Å². The molecule has 94 valence electrons. The first kappa shape index (κ1) is 13.5. The first-order valence-electron chi connectivity index (χ1n) is 6.15. The van der Waals surface area contributed by atoms with Gasteiger partial charge in [-0.05, 0) is 26.7 Å². The van der Waals surface area contributed by atoms with E-state index in [-0.39, 0.29) is 18.6 Å². The highest BCUT2D eigenvalue weighted by atomic mass is 16.3. The topological polar surface area (TPSA) is 66.6 Å². The molecule has 1 aliphatic rings. The molecule has 1 fully saturated rings.